The molecule has 0 spiro atoms. The zero-order chi connectivity index (χ0) is 13.5. The first-order valence-corrected chi connectivity index (χ1v) is 5.91. The van der Waals surface area contributed by atoms with E-state index in [1.54, 1.807) is 0 Å². The van der Waals surface area contributed by atoms with Crippen molar-refractivity contribution in [1.82, 2.24) is 15.3 Å². The average Bonchev–Trinajstić information content (AvgIpc) is 2.28. The van der Waals surface area contributed by atoms with Gasteiger partial charge in [0.1, 0.15) is 11.9 Å². The third kappa shape index (κ3) is 4.77. The van der Waals surface area contributed by atoms with Crippen LogP contribution in [0.15, 0.2) is 12.5 Å². The van der Waals surface area contributed by atoms with Crippen molar-refractivity contribution in [1.29, 1.82) is 0 Å². The SMILES string of the molecule is CC(C)CC(O)CNCc1ncncc1C(=O)O. The quantitative estimate of drug-likeness (QED) is 0.661. The molecule has 3 N–H and O–H groups in total. The van der Waals surface area contributed by atoms with E-state index in [2.05, 4.69) is 15.3 Å². The first-order chi connectivity index (χ1) is 8.50. The van der Waals surface area contributed by atoms with Crippen molar-refractivity contribution < 1.29 is 15.0 Å². The van der Waals surface area contributed by atoms with Crippen LogP contribution in [0.3, 0.4) is 0 Å². The van der Waals surface area contributed by atoms with E-state index in [0.29, 0.717) is 31.1 Å². The molecule has 1 heterocycles. The molecule has 0 saturated heterocycles. The van der Waals surface area contributed by atoms with Crippen LogP contribution in [-0.4, -0.2) is 38.8 Å². The van der Waals surface area contributed by atoms with Gasteiger partial charge in [-0.15, -0.1) is 0 Å². The summed E-state index contributed by atoms with van der Waals surface area (Å²) in [5.41, 5.74) is 0.512. The van der Waals surface area contributed by atoms with E-state index in [1.165, 1.54) is 12.5 Å². The van der Waals surface area contributed by atoms with Crippen molar-refractivity contribution in [2.24, 2.45) is 5.92 Å². The van der Waals surface area contributed by atoms with E-state index in [9.17, 15) is 9.90 Å². The molecule has 0 bridgehead atoms. The molecular weight excluding hydrogens is 234 g/mol. The van der Waals surface area contributed by atoms with Crippen LogP contribution >= 0.6 is 0 Å². The zero-order valence-electron chi connectivity index (χ0n) is 10.6. The molecule has 0 saturated carbocycles. The van der Waals surface area contributed by atoms with E-state index < -0.39 is 12.1 Å². The van der Waals surface area contributed by atoms with Crippen molar-refractivity contribution >= 4 is 5.97 Å². The predicted molar refractivity (Wildman–Crippen MR) is 66.2 cm³/mol. The third-order valence-electron chi connectivity index (χ3n) is 2.44. The minimum Gasteiger partial charge on any atom is -0.478 e. The Hall–Kier alpha value is -1.53. The van der Waals surface area contributed by atoms with Gasteiger partial charge in [-0.2, -0.15) is 0 Å². The van der Waals surface area contributed by atoms with Gasteiger partial charge in [-0.25, -0.2) is 14.8 Å². The predicted octanol–water partition coefficient (Wildman–Crippen LogP) is 0.671. The van der Waals surface area contributed by atoms with Crippen molar-refractivity contribution in [3.05, 3.63) is 23.8 Å². The van der Waals surface area contributed by atoms with Crippen molar-refractivity contribution in [2.75, 3.05) is 6.54 Å². The van der Waals surface area contributed by atoms with E-state index in [4.69, 9.17) is 5.11 Å². The van der Waals surface area contributed by atoms with Crippen LogP contribution in [0.25, 0.3) is 0 Å². The van der Waals surface area contributed by atoms with E-state index >= 15 is 0 Å². The van der Waals surface area contributed by atoms with Gasteiger partial charge in [0, 0.05) is 19.3 Å². The molecule has 1 aromatic rings. The van der Waals surface area contributed by atoms with Crippen molar-refractivity contribution in [3.8, 4) is 0 Å². The van der Waals surface area contributed by atoms with Crippen LogP contribution < -0.4 is 5.32 Å². The summed E-state index contributed by atoms with van der Waals surface area (Å²) < 4.78 is 0. The average molecular weight is 253 g/mol. The Morgan fingerprint density at radius 2 is 2.22 bits per heavy atom. The number of carbonyl (C=O) groups is 1. The maximum Gasteiger partial charge on any atom is 0.339 e. The minimum atomic E-state index is -1.05. The maximum absolute atomic E-state index is 10.9. The first-order valence-electron chi connectivity index (χ1n) is 5.91. The summed E-state index contributed by atoms with van der Waals surface area (Å²) in [5, 5.41) is 21.6. The molecule has 1 aromatic heterocycles. The summed E-state index contributed by atoms with van der Waals surface area (Å²) in [4.78, 5) is 18.5. The molecule has 0 aromatic carbocycles. The number of aliphatic hydroxyl groups is 1. The van der Waals surface area contributed by atoms with Crippen LogP contribution in [-0.2, 0) is 6.54 Å². The van der Waals surface area contributed by atoms with Gasteiger partial charge in [0.25, 0.3) is 0 Å². The monoisotopic (exact) mass is 253 g/mol. The van der Waals surface area contributed by atoms with Gasteiger partial charge in [0.05, 0.1) is 11.8 Å². The summed E-state index contributed by atoms with van der Waals surface area (Å²) in [6.07, 6.45) is 2.87. The Balaban J connectivity index is 2.46. The van der Waals surface area contributed by atoms with Gasteiger partial charge in [-0.3, -0.25) is 0 Å². The molecule has 0 radical (unpaired) electrons. The molecule has 0 fully saturated rings. The second kappa shape index (κ2) is 7.03. The van der Waals surface area contributed by atoms with Gasteiger partial charge >= 0.3 is 5.97 Å². The topological polar surface area (TPSA) is 95.3 Å². The molecule has 0 aliphatic rings. The molecule has 0 aliphatic carbocycles. The van der Waals surface area contributed by atoms with E-state index in [1.807, 2.05) is 13.8 Å². The Bertz CT molecular complexity index is 396. The van der Waals surface area contributed by atoms with Crippen molar-refractivity contribution in [3.63, 3.8) is 0 Å². The number of nitrogens with zero attached hydrogens (tertiary/aromatic N) is 2. The lowest BCUT2D eigenvalue weighted by atomic mass is 10.1. The van der Waals surface area contributed by atoms with Gasteiger partial charge in [-0.1, -0.05) is 13.8 Å². The van der Waals surface area contributed by atoms with Crippen LogP contribution in [0.4, 0.5) is 0 Å². The Kier molecular flexibility index (Phi) is 5.67. The molecule has 0 aliphatic heterocycles. The Labute approximate surface area is 106 Å². The highest BCUT2D eigenvalue weighted by Gasteiger charge is 2.12. The highest BCUT2D eigenvalue weighted by molar-refractivity contribution is 5.88. The number of hydrogen-bond donors (Lipinski definition) is 3. The van der Waals surface area contributed by atoms with Gasteiger partial charge in [0.15, 0.2) is 0 Å². The largest absolute Gasteiger partial charge is 0.478 e. The molecule has 18 heavy (non-hydrogen) atoms. The molecule has 6 nitrogen and oxygen atoms in total. The number of nitrogens with one attached hydrogen (secondary N) is 1. The first kappa shape index (κ1) is 14.5. The molecule has 6 heteroatoms. The Morgan fingerprint density at radius 1 is 1.50 bits per heavy atom. The highest BCUT2D eigenvalue weighted by atomic mass is 16.4. The van der Waals surface area contributed by atoms with Crippen LogP contribution in [0.2, 0.25) is 0 Å². The van der Waals surface area contributed by atoms with E-state index in [0.717, 1.165) is 0 Å². The van der Waals surface area contributed by atoms with Crippen molar-refractivity contribution in [2.45, 2.75) is 32.9 Å². The summed E-state index contributed by atoms with van der Waals surface area (Å²) in [6.45, 7) is 4.80. The summed E-state index contributed by atoms with van der Waals surface area (Å²) in [5.74, 6) is -0.620. The molecule has 100 valence electrons. The smallest absolute Gasteiger partial charge is 0.339 e. The molecule has 0 amide bonds. The lowest BCUT2D eigenvalue weighted by molar-refractivity contribution is 0.0694. The van der Waals surface area contributed by atoms with Gasteiger partial charge in [-0.05, 0) is 12.3 Å². The summed E-state index contributed by atoms with van der Waals surface area (Å²) in [7, 11) is 0. The second-order valence-electron chi connectivity index (χ2n) is 4.60. The number of rotatable bonds is 7. The standard InChI is InChI=1S/C12H19N3O3/c1-8(2)3-9(16)4-13-6-11-10(12(17)18)5-14-7-15-11/h5,7-9,13,16H,3-4,6H2,1-2H3,(H,17,18). The summed E-state index contributed by atoms with van der Waals surface area (Å²) >= 11 is 0. The maximum atomic E-state index is 10.9. The fourth-order valence-electron chi connectivity index (χ4n) is 1.66. The number of aliphatic hydroxyl groups excluding tert-OH is 1. The number of aromatic carboxylic acids is 1. The molecular formula is C12H19N3O3. The fourth-order valence-corrected chi connectivity index (χ4v) is 1.66. The van der Waals surface area contributed by atoms with E-state index in [-0.39, 0.29) is 5.56 Å². The van der Waals surface area contributed by atoms with Crippen LogP contribution in [0.5, 0.6) is 0 Å². The second-order valence-corrected chi connectivity index (χ2v) is 4.60. The third-order valence-corrected chi connectivity index (χ3v) is 2.44. The highest BCUT2D eigenvalue weighted by Crippen LogP contribution is 2.05. The van der Waals surface area contributed by atoms with Gasteiger partial charge < -0.3 is 15.5 Å². The number of carboxylic acids is 1. The number of hydrogen-bond acceptors (Lipinski definition) is 5. The number of carboxylic acid groups (broad SMARTS) is 1. The molecule has 1 rings (SSSR count). The molecule has 1 atom stereocenters. The summed E-state index contributed by atoms with van der Waals surface area (Å²) in [6, 6.07) is 0. The van der Waals surface area contributed by atoms with Gasteiger partial charge in [0.2, 0.25) is 0 Å². The lowest BCUT2D eigenvalue weighted by Gasteiger charge is -2.14. The fraction of sp³-hybridized carbons (Fsp3) is 0.583. The zero-order valence-corrected chi connectivity index (χ0v) is 10.6. The normalized spacial score (nSPS) is 12.7. The van der Waals surface area contributed by atoms with Crippen LogP contribution in [0.1, 0.15) is 36.3 Å². The minimum absolute atomic E-state index is 0.0864. The number of aromatic nitrogens is 2. The Morgan fingerprint density at radius 3 is 2.83 bits per heavy atom. The lowest BCUT2D eigenvalue weighted by Crippen LogP contribution is -2.28. The molecule has 1 unspecified atom stereocenters. The van der Waals surface area contributed by atoms with Crippen LogP contribution in [0, 0.1) is 5.92 Å².